The van der Waals surface area contributed by atoms with Crippen LogP contribution in [0.15, 0.2) is 11.3 Å². The molecular formula is C5H3NO5. The Labute approximate surface area is 60.6 Å². The van der Waals surface area contributed by atoms with Crippen molar-refractivity contribution < 1.29 is 24.9 Å². The molecule has 0 atom stereocenters. The minimum absolute atomic E-state index is 1.03. The summed E-state index contributed by atoms with van der Waals surface area (Å²) in [6.07, 6.45) is 0. The largest absolute Gasteiger partial charge is 0.501 e. The molecule has 0 rings (SSSR count). The molecule has 0 spiro atoms. The van der Waals surface area contributed by atoms with E-state index in [1.54, 1.807) is 0 Å². The highest BCUT2D eigenvalue weighted by Gasteiger charge is 2.18. The van der Waals surface area contributed by atoms with Crippen LogP contribution in [-0.2, 0) is 9.59 Å². The number of carbonyl (C=O) groups is 2. The Morgan fingerprint density at radius 3 is 1.64 bits per heavy atom. The van der Waals surface area contributed by atoms with Gasteiger partial charge in [0.2, 0.25) is 5.76 Å². The summed E-state index contributed by atoms with van der Waals surface area (Å²) < 4.78 is 0. The van der Waals surface area contributed by atoms with Crippen LogP contribution >= 0.6 is 0 Å². The summed E-state index contributed by atoms with van der Waals surface area (Å²) in [5.74, 6) is -5.07. The van der Waals surface area contributed by atoms with Gasteiger partial charge in [-0.1, -0.05) is 0 Å². The number of nitriles is 1. The van der Waals surface area contributed by atoms with E-state index >= 15 is 0 Å². The standard InChI is InChI=1S/C5H3NO5/c6-1-2(4(8)9)3(7)5(10)11/h7H,(H,8,9)(H,10,11)/b3-2+. The number of hydrogen-bond acceptors (Lipinski definition) is 4. The van der Waals surface area contributed by atoms with Crippen molar-refractivity contribution in [3.8, 4) is 6.07 Å². The molecule has 0 radical (unpaired) electrons. The first-order valence-corrected chi connectivity index (χ1v) is 2.30. The number of aliphatic hydroxyl groups excluding tert-OH is 1. The molecule has 0 unspecified atom stereocenters. The second kappa shape index (κ2) is 3.22. The van der Waals surface area contributed by atoms with E-state index < -0.39 is 23.3 Å². The lowest BCUT2D eigenvalue weighted by atomic mass is 10.2. The van der Waals surface area contributed by atoms with Crippen molar-refractivity contribution in [3.05, 3.63) is 11.3 Å². The Bertz CT molecular complexity index is 271. The Balaban J connectivity index is 5.04. The molecule has 0 aromatic heterocycles. The van der Waals surface area contributed by atoms with E-state index in [1.165, 1.54) is 0 Å². The highest BCUT2D eigenvalue weighted by Crippen LogP contribution is 1.99. The Kier molecular flexibility index (Phi) is 2.62. The smallest absolute Gasteiger partial charge is 0.372 e. The summed E-state index contributed by atoms with van der Waals surface area (Å²) in [7, 11) is 0. The Morgan fingerprint density at radius 1 is 1.09 bits per heavy atom. The van der Waals surface area contributed by atoms with Gasteiger partial charge < -0.3 is 15.3 Å². The maximum Gasteiger partial charge on any atom is 0.372 e. The zero-order chi connectivity index (χ0) is 9.02. The highest BCUT2D eigenvalue weighted by molar-refractivity contribution is 6.00. The number of aliphatic carboxylic acids is 2. The van der Waals surface area contributed by atoms with Crippen molar-refractivity contribution in [1.82, 2.24) is 0 Å². The molecule has 6 heteroatoms. The Hall–Kier alpha value is -2.03. The van der Waals surface area contributed by atoms with Crippen LogP contribution in [0.1, 0.15) is 0 Å². The molecule has 58 valence electrons. The topological polar surface area (TPSA) is 119 Å². The van der Waals surface area contributed by atoms with Gasteiger partial charge in [0.05, 0.1) is 0 Å². The van der Waals surface area contributed by atoms with Crippen molar-refractivity contribution in [2.75, 3.05) is 0 Å². The number of hydrogen-bond donors (Lipinski definition) is 3. The van der Waals surface area contributed by atoms with E-state index in [0.717, 1.165) is 6.07 Å². The van der Waals surface area contributed by atoms with Crippen LogP contribution in [0.5, 0.6) is 0 Å². The van der Waals surface area contributed by atoms with E-state index in [4.69, 9.17) is 20.6 Å². The summed E-state index contributed by atoms with van der Waals surface area (Å²) in [6, 6.07) is 1.03. The molecule has 0 aromatic rings. The summed E-state index contributed by atoms with van der Waals surface area (Å²) >= 11 is 0. The predicted molar refractivity (Wildman–Crippen MR) is 30.5 cm³/mol. The van der Waals surface area contributed by atoms with E-state index in [9.17, 15) is 9.59 Å². The summed E-state index contributed by atoms with van der Waals surface area (Å²) in [5.41, 5.74) is -1.18. The lowest BCUT2D eigenvalue weighted by Crippen LogP contribution is -2.09. The molecule has 0 amide bonds. The van der Waals surface area contributed by atoms with Crippen molar-refractivity contribution in [2.24, 2.45) is 0 Å². The first-order valence-electron chi connectivity index (χ1n) is 2.30. The van der Waals surface area contributed by atoms with Gasteiger partial charge in [0.15, 0.2) is 5.57 Å². The number of rotatable bonds is 2. The molecule has 3 N–H and O–H groups in total. The van der Waals surface area contributed by atoms with Crippen molar-refractivity contribution in [1.29, 1.82) is 5.26 Å². The summed E-state index contributed by atoms with van der Waals surface area (Å²) in [5, 5.41) is 32.5. The molecule has 0 saturated carbocycles. The first-order chi connectivity index (χ1) is 5.00. The van der Waals surface area contributed by atoms with Crippen LogP contribution in [0.2, 0.25) is 0 Å². The third-order valence-electron chi connectivity index (χ3n) is 0.765. The molecule has 0 heterocycles. The van der Waals surface area contributed by atoms with Gasteiger partial charge in [-0.15, -0.1) is 0 Å². The van der Waals surface area contributed by atoms with E-state index in [1.807, 2.05) is 0 Å². The zero-order valence-electron chi connectivity index (χ0n) is 5.11. The van der Waals surface area contributed by atoms with Gasteiger partial charge in [-0.2, -0.15) is 5.26 Å². The Morgan fingerprint density at radius 2 is 1.55 bits per heavy atom. The quantitative estimate of drug-likeness (QED) is 0.282. The molecule has 0 bridgehead atoms. The van der Waals surface area contributed by atoms with Crippen LogP contribution in [0.3, 0.4) is 0 Å². The zero-order valence-corrected chi connectivity index (χ0v) is 5.11. The molecule has 0 fully saturated rings. The maximum atomic E-state index is 9.97. The fourth-order valence-electron chi connectivity index (χ4n) is 0.309. The van der Waals surface area contributed by atoms with Crippen LogP contribution < -0.4 is 0 Å². The minimum Gasteiger partial charge on any atom is -0.501 e. The second-order valence-electron chi connectivity index (χ2n) is 1.45. The van der Waals surface area contributed by atoms with Crippen LogP contribution in [-0.4, -0.2) is 27.3 Å². The average molecular weight is 157 g/mol. The normalized spacial score (nSPS) is 11.2. The maximum absolute atomic E-state index is 9.97. The molecular weight excluding hydrogens is 154 g/mol. The number of nitrogens with zero attached hydrogens (tertiary/aromatic N) is 1. The number of aliphatic hydroxyl groups is 1. The third-order valence-corrected chi connectivity index (χ3v) is 0.765. The lowest BCUT2D eigenvalue weighted by molar-refractivity contribution is -0.138. The predicted octanol–water partition coefficient (Wildman–Crippen LogP) is -0.509. The summed E-state index contributed by atoms with van der Waals surface area (Å²) in [4.78, 5) is 19.9. The lowest BCUT2D eigenvalue weighted by Gasteiger charge is -1.91. The molecule has 0 aliphatic carbocycles. The molecule has 0 aliphatic rings. The van der Waals surface area contributed by atoms with Crippen molar-refractivity contribution in [2.45, 2.75) is 0 Å². The first kappa shape index (κ1) is 8.97. The number of carboxylic acids is 2. The van der Waals surface area contributed by atoms with Gasteiger partial charge in [-0.05, 0) is 0 Å². The van der Waals surface area contributed by atoms with E-state index in [-0.39, 0.29) is 0 Å². The van der Waals surface area contributed by atoms with E-state index in [0.29, 0.717) is 0 Å². The second-order valence-corrected chi connectivity index (χ2v) is 1.45. The molecule has 0 aliphatic heterocycles. The monoisotopic (exact) mass is 157 g/mol. The molecule has 6 nitrogen and oxygen atoms in total. The van der Waals surface area contributed by atoms with Gasteiger partial charge in [0, 0.05) is 0 Å². The van der Waals surface area contributed by atoms with Gasteiger partial charge in [0.1, 0.15) is 6.07 Å². The highest BCUT2D eigenvalue weighted by atomic mass is 16.4. The average Bonchev–Trinajstić information content (AvgIpc) is 1.88. The minimum atomic E-state index is -1.84. The molecule has 11 heavy (non-hydrogen) atoms. The number of carboxylic acid groups (broad SMARTS) is 2. The van der Waals surface area contributed by atoms with Crippen LogP contribution in [0.4, 0.5) is 0 Å². The van der Waals surface area contributed by atoms with Crippen molar-refractivity contribution in [3.63, 3.8) is 0 Å². The van der Waals surface area contributed by atoms with Crippen LogP contribution in [0.25, 0.3) is 0 Å². The van der Waals surface area contributed by atoms with Gasteiger partial charge in [-0.25, -0.2) is 9.59 Å². The third kappa shape index (κ3) is 1.98. The van der Waals surface area contributed by atoms with Gasteiger partial charge >= 0.3 is 11.9 Å². The fourth-order valence-corrected chi connectivity index (χ4v) is 0.309. The van der Waals surface area contributed by atoms with Crippen LogP contribution in [0, 0.1) is 11.3 Å². The fraction of sp³-hybridized carbons (Fsp3) is 0. The molecule has 0 saturated heterocycles. The SMILES string of the molecule is N#C/C(C(=O)O)=C(\O)C(=O)O. The van der Waals surface area contributed by atoms with E-state index in [2.05, 4.69) is 0 Å². The van der Waals surface area contributed by atoms with Gasteiger partial charge in [0.25, 0.3) is 0 Å². The van der Waals surface area contributed by atoms with Gasteiger partial charge in [-0.3, -0.25) is 0 Å². The van der Waals surface area contributed by atoms with Crippen molar-refractivity contribution >= 4 is 11.9 Å². The molecule has 0 aromatic carbocycles. The summed E-state index contributed by atoms with van der Waals surface area (Å²) in [6.45, 7) is 0.